The largest absolute Gasteiger partial charge is 0.384 e. The minimum Gasteiger partial charge on any atom is -0.384 e. The number of carbonyl (C=O) groups excluding carboxylic acids is 1. The summed E-state index contributed by atoms with van der Waals surface area (Å²) in [6.45, 7) is 7.93. The number of piperidine rings is 2. The summed E-state index contributed by atoms with van der Waals surface area (Å²) in [6.07, 6.45) is 4.23. The van der Waals surface area contributed by atoms with Gasteiger partial charge in [-0.15, -0.1) is 0 Å². The molecule has 1 aromatic carbocycles. The van der Waals surface area contributed by atoms with Crippen molar-refractivity contribution in [1.82, 2.24) is 10.2 Å². The minimum absolute atomic E-state index is 0.0821. The average Bonchev–Trinajstić information content (AvgIpc) is 2.66. The van der Waals surface area contributed by atoms with Crippen molar-refractivity contribution in [3.8, 4) is 0 Å². The van der Waals surface area contributed by atoms with Gasteiger partial charge in [0.2, 0.25) is 5.91 Å². The maximum Gasteiger partial charge on any atom is 0.233 e. The molecule has 2 fully saturated rings. The van der Waals surface area contributed by atoms with Crippen LogP contribution in [0.25, 0.3) is 0 Å². The Morgan fingerprint density at radius 3 is 2.50 bits per heavy atom. The average molecular weight is 360 g/mol. The third kappa shape index (κ3) is 4.84. The molecule has 3 rings (SSSR count). The zero-order valence-corrected chi connectivity index (χ0v) is 16.2. The first-order valence-electron chi connectivity index (χ1n) is 9.94. The molecule has 144 valence electrons. The van der Waals surface area contributed by atoms with Crippen LogP contribution in [0.5, 0.6) is 0 Å². The van der Waals surface area contributed by atoms with E-state index in [2.05, 4.69) is 34.6 Å². The van der Waals surface area contributed by atoms with Crippen molar-refractivity contribution in [2.24, 2.45) is 11.3 Å². The Kier molecular flexibility index (Phi) is 6.68. The number of anilines is 1. The lowest BCUT2D eigenvalue weighted by molar-refractivity contribution is -0.130. The van der Waals surface area contributed by atoms with Crippen LogP contribution < -0.4 is 10.6 Å². The number of carbonyl (C=O) groups is 1. The minimum atomic E-state index is -0.414. The molecule has 0 atom stereocenters. The smallest absolute Gasteiger partial charge is 0.233 e. The van der Waals surface area contributed by atoms with Gasteiger partial charge in [-0.3, -0.25) is 9.69 Å². The van der Waals surface area contributed by atoms with E-state index in [9.17, 15) is 4.79 Å². The van der Waals surface area contributed by atoms with Crippen molar-refractivity contribution in [3.05, 3.63) is 29.8 Å². The summed E-state index contributed by atoms with van der Waals surface area (Å²) in [7, 11) is 1.67. The normalized spacial score (nSPS) is 21.5. The molecule has 0 radical (unpaired) electrons. The molecule has 2 N–H and O–H groups in total. The number of benzene rings is 1. The molecule has 2 aliphatic heterocycles. The maximum atomic E-state index is 12.9. The van der Waals surface area contributed by atoms with Gasteiger partial charge in [0.25, 0.3) is 0 Å². The van der Waals surface area contributed by atoms with Crippen LogP contribution in [-0.2, 0) is 16.1 Å². The Bertz CT molecular complexity index is 568. The highest BCUT2D eigenvalue weighted by Gasteiger charge is 2.39. The van der Waals surface area contributed by atoms with Gasteiger partial charge >= 0.3 is 0 Å². The fourth-order valence-electron chi connectivity index (χ4n) is 4.05. The van der Waals surface area contributed by atoms with Crippen LogP contribution in [0.3, 0.4) is 0 Å². The number of ether oxygens (including phenoxy) is 1. The van der Waals surface area contributed by atoms with E-state index >= 15 is 0 Å². The monoisotopic (exact) mass is 359 g/mol. The summed E-state index contributed by atoms with van der Waals surface area (Å²) in [6, 6.07) is 8.33. The SMILES string of the molecule is COCC1(C(=O)Nc2ccc(CN3CCC(C)CC3)cc2)CCNCC1. The van der Waals surface area contributed by atoms with Crippen LogP contribution in [0.1, 0.15) is 38.2 Å². The Morgan fingerprint density at radius 2 is 1.88 bits per heavy atom. The van der Waals surface area contributed by atoms with Crippen molar-refractivity contribution >= 4 is 11.6 Å². The molecule has 0 saturated carbocycles. The number of methoxy groups -OCH3 is 1. The Balaban J connectivity index is 1.57. The molecule has 5 heteroatoms. The lowest BCUT2D eigenvalue weighted by atomic mass is 9.78. The molecule has 2 aliphatic rings. The maximum absolute atomic E-state index is 12.9. The molecule has 1 amide bonds. The van der Waals surface area contributed by atoms with E-state index in [0.29, 0.717) is 6.61 Å². The van der Waals surface area contributed by atoms with Gasteiger partial charge < -0.3 is 15.4 Å². The third-order valence-electron chi connectivity index (χ3n) is 5.96. The molecule has 1 aromatic rings. The zero-order valence-electron chi connectivity index (χ0n) is 16.2. The Hall–Kier alpha value is -1.43. The van der Waals surface area contributed by atoms with E-state index < -0.39 is 5.41 Å². The van der Waals surface area contributed by atoms with Gasteiger partial charge in [0.05, 0.1) is 12.0 Å². The van der Waals surface area contributed by atoms with E-state index in [1.54, 1.807) is 7.11 Å². The second-order valence-electron chi connectivity index (χ2n) is 8.07. The summed E-state index contributed by atoms with van der Waals surface area (Å²) in [4.78, 5) is 15.4. The highest BCUT2D eigenvalue weighted by Crippen LogP contribution is 2.31. The highest BCUT2D eigenvalue weighted by atomic mass is 16.5. The van der Waals surface area contributed by atoms with Crippen LogP contribution in [-0.4, -0.2) is 50.7 Å². The number of nitrogens with one attached hydrogen (secondary N) is 2. The van der Waals surface area contributed by atoms with Crippen molar-refractivity contribution in [2.75, 3.05) is 45.2 Å². The second kappa shape index (κ2) is 8.98. The zero-order chi connectivity index (χ0) is 18.4. The van der Waals surface area contributed by atoms with Crippen molar-refractivity contribution in [1.29, 1.82) is 0 Å². The number of nitrogens with zero attached hydrogens (tertiary/aromatic N) is 1. The summed E-state index contributed by atoms with van der Waals surface area (Å²) in [5, 5.41) is 6.44. The van der Waals surface area contributed by atoms with Crippen molar-refractivity contribution in [2.45, 2.75) is 39.2 Å². The molecule has 0 aromatic heterocycles. The first-order chi connectivity index (χ1) is 12.6. The van der Waals surface area contributed by atoms with Gasteiger partial charge in [-0.05, 0) is 75.5 Å². The molecule has 2 saturated heterocycles. The molecule has 0 bridgehead atoms. The van der Waals surface area contributed by atoms with Gasteiger partial charge in [0.1, 0.15) is 0 Å². The van der Waals surface area contributed by atoms with Gasteiger partial charge in [0, 0.05) is 19.3 Å². The first-order valence-corrected chi connectivity index (χ1v) is 9.94. The van der Waals surface area contributed by atoms with E-state index in [0.717, 1.165) is 44.1 Å². The quantitative estimate of drug-likeness (QED) is 0.820. The summed E-state index contributed by atoms with van der Waals surface area (Å²) in [5.41, 5.74) is 1.77. The molecule has 0 spiro atoms. The van der Waals surface area contributed by atoms with Gasteiger partial charge in [-0.2, -0.15) is 0 Å². The van der Waals surface area contributed by atoms with Crippen LogP contribution in [0.2, 0.25) is 0 Å². The fraction of sp³-hybridized carbons (Fsp3) is 0.667. The van der Waals surface area contributed by atoms with Gasteiger partial charge in [-0.1, -0.05) is 19.1 Å². The summed E-state index contributed by atoms with van der Waals surface area (Å²) in [5.74, 6) is 0.942. The fourth-order valence-corrected chi connectivity index (χ4v) is 4.05. The Labute approximate surface area is 157 Å². The van der Waals surface area contributed by atoms with Gasteiger partial charge in [-0.25, -0.2) is 0 Å². The third-order valence-corrected chi connectivity index (χ3v) is 5.96. The summed E-state index contributed by atoms with van der Waals surface area (Å²) >= 11 is 0. The number of likely N-dealkylation sites (tertiary alicyclic amines) is 1. The van der Waals surface area contributed by atoms with E-state index in [1.807, 2.05) is 12.1 Å². The van der Waals surface area contributed by atoms with Crippen LogP contribution in [0.4, 0.5) is 5.69 Å². The van der Waals surface area contributed by atoms with Crippen molar-refractivity contribution in [3.63, 3.8) is 0 Å². The van der Waals surface area contributed by atoms with Crippen LogP contribution in [0.15, 0.2) is 24.3 Å². The Morgan fingerprint density at radius 1 is 1.23 bits per heavy atom. The number of rotatable bonds is 6. The number of hydrogen-bond donors (Lipinski definition) is 2. The molecular weight excluding hydrogens is 326 g/mol. The first kappa shape index (κ1) is 19.3. The highest BCUT2D eigenvalue weighted by molar-refractivity contribution is 5.95. The lowest BCUT2D eigenvalue weighted by Crippen LogP contribution is -2.47. The summed E-state index contributed by atoms with van der Waals surface area (Å²) < 4.78 is 5.36. The number of hydrogen-bond acceptors (Lipinski definition) is 4. The van der Waals surface area contributed by atoms with Crippen molar-refractivity contribution < 1.29 is 9.53 Å². The van der Waals surface area contributed by atoms with Gasteiger partial charge in [0.15, 0.2) is 0 Å². The molecule has 5 nitrogen and oxygen atoms in total. The molecular formula is C21H33N3O2. The van der Waals surface area contributed by atoms with E-state index in [-0.39, 0.29) is 5.91 Å². The molecule has 0 aliphatic carbocycles. The molecule has 0 unspecified atom stereocenters. The van der Waals surface area contributed by atoms with E-state index in [4.69, 9.17) is 4.74 Å². The topological polar surface area (TPSA) is 53.6 Å². The molecule has 2 heterocycles. The standard InChI is InChI=1S/C21H33N3O2/c1-17-7-13-24(14-8-17)15-18-3-5-19(6-4-18)23-20(25)21(16-26-2)9-11-22-12-10-21/h3-6,17,22H,7-16H2,1-2H3,(H,23,25). The number of amides is 1. The second-order valence-corrected chi connectivity index (χ2v) is 8.07. The lowest BCUT2D eigenvalue weighted by Gasteiger charge is -2.35. The van der Waals surface area contributed by atoms with Crippen LogP contribution in [0, 0.1) is 11.3 Å². The molecule has 26 heavy (non-hydrogen) atoms. The predicted molar refractivity (Wildman–Crippen MR) is 105 cm³/mol. The predicted octanol–water partition coefficient (Wildman–Crippen LogP) is 2.87. The van der Waals surface area contributed by atoms with Crippen LogP contribution >= 0.6 is 0 Å². The van der Waals surface area contributed by atoms with E-state index in [1.165, 1.54) is 31.5 Å².